The molecule has 0 atom stereocenters. The van der Waals surface area contributed by atoms with Crippen LogP contribution >= 0.6 is 0 Å². The second-order valence-corrected chi connectivity index (χ2v) is 4.66. The molecule has 21 heavy (non-hydrogen) atoms. The Morgan fingerprint density at radius 2 is 1.67 bits per heavy atom. The molecule has 0 spiro atoms. The van der Waals surface area contributed by atoms with Gasteiger partial charge in [0.15, 0.2) is 23.2 Å². The zero-order valence-electron chi connectivity index (χ0n) is 11.4. The highest BCUT2D eigenvalue weighted by Gasteiger charge is 2.17. The molecule has 1 aromatic carbocycles. The predicted octanol–water partition coefficient (Wildman–Crippen LogP) is 3.52. The topological polar surface area (TPSA) is 39.2 Å². The molecule has 2 aromatic rings. The first-order chi connectivity index (χ1) is 9.88. The molecular formula is C15H12F3NO2. The van der Waals surface area contributed by atoms with E-state index in [2.05, 4.69) is 4.98 Å². The first-order valence-electron chi connectivity index (χ1n) is 6.19. The number of carbonyl (C=O) groups is 1. The number of benzene rings is 1. The van der Waals surface area contributed by atoms with E-state index in [9.17, 15) is 18.0 Å². The van der Waals surface area contributed by atoms with Crippen LogP contribution in [0, 0.1) is 17.5 Å². The Bertz CT molecular complexity index is 663. The number of ether oxygens (including phenoxy) is 1. The van der Waals surface area contributed by atoms with E-state index in [0.717, 1.165) is 0 Å². The van der Waals surface area contributed by atoms with Crippen molar-refractivity contribution in [3.05, 3.63) is 59.2 Å². The van der Waals surface area contributed by atoms with Gasteiger partial charge in [0.1, 0.15) is 5.75 Å². The summed E-state index contributed by atoms with van der Waals surface area (Å²) in [5.41, 5.74) is -0.201. The van der Waals surface area contributed by atoms with Crippen molar-refractivity contribution in [2.75, 3.05) is 0 Å². The lowest BCUT2D eigenvalue weighted by molar-refractivity contribution is 0.103. The maximum Gasteiger partial charge on any atom is 0.194 e. The third kappa shape index (κ3) is 3.39. The minimum absolute atomic E-state index is 0.0959. The number of rotatable bonds is 4. The molecule has 110 valence electrons. The van der Waals surface area contributed by atoms with Gasteiger partial charge in [-0.3, -0.25) is 9.78 Å². The lowest BCUT2D eigenvalue weighted by Gasteiger charge is -2.10. The Morgan fingerprint density at radius 1 is 1.05 bits per heavy atom. The Balaban J connectivity index is 2.36. The van der Waals surface area contributed by atoms with Crippen LogP contribution in [0.1, 0.15) is 29.8 Å². The Kier molecular flexibility index (Phi) is 4.26. The quantitative estimate of drug-likeness (QED) is 0.640. The molecule has 1 heterocycles. The molecular weight excluding hydrogens is 283 g/mol. The van der Waals surface area contributed by atoms with Crippen molar-refractivity contribution >= 4 is 5.78 Å². The van der Waals surface area contributed by atoms with E-state index < -0.39 is 23.2 Å². The normalized spacial score (nSPS) is 10.8. The highest BCUT2D eigenvalue weighted by atomic mass is 19.2. The second-order valence-electron chi connectivity index (χ2n) is 4.66. The second kappa shape index (κ2) is 5.95. The van der Waals surface area contributed by atoms with Gasteiger partial charge in [-0.1, -0.05) is 0 Å². The van der Waals surface area contributed by atoms with Gasteiger partial charge < -0.3 is 4.74 Å². The summed E-state index contributed by atoms with van der Waals surface area (Å²) < 4.78 is 44.6. The van der Waals surface area contributed by atoms with Gasteiger partial charge in [0.05, 0.1) is 12.3 Å². The van der Waals surface area contributed by atoms with Crippen LogP contribution in [0.2, 0.25) is 0 Å². The minimum atomic E-state index is -1.61. The monoisotopic (exact) mass is 295 g/mol. The molecule has 6 heteroatoms. The molecule has 0 saturated carbocycles. The molecule has 0 N–H and O–H groups in total. The first kappa shape index (κ1) is 15.0. The highest BCUT2D eigenvalue weighted by molar-refractivity contribution is 6.09. The van der Waals surface area contributed by atoms with E-state index in [-0.39, 0.29) is 17.2 Å². The van der Waals surface area contributed by atoms with E-state index in [0.29, 0.717) is 17.9 Å². The van der Waals surface area contributed by atoms with Crippen LogP contribution in [-0.2, 0) is 0 Å². The van der Waals surface area contributed by atoms with Crippen molar-refractivity contribution in [2.45, 2.75) is 20.0 Å². The summed E-state index contributed by atoms with van der Waals surface area (Å²) in [5.74, 6) is -4.75. The third-order valence-electron chi connectivity index (χ3n) is 2.59. The van der Waals surface area contributed by atoms with Crippen LogP contribution in [0.15, 0.2) is 30.6 Å². The molecule has 0 bridgehead atoms. The van der Waals surface area contributed by atoms with Crippen molar-refractivity contribution in [2.24, 2.45) is 0 Å². The maximum atomic E-state index is 13.2. The summed E-state index contributed by atoms with van der Waals surface area (Å²) in [7, 11) is 0. The van der Waals surface area contributed by atoms with E-state index in [4.69, 9.17) is 4.74 Å². The molecule has 3 nitrogen and oxygen atoms in total. The van der Waals surface area contributed by atoms with Crippen LogP contribution in [0.25, 0.3) is 0 Å². The lowest BCUT2D eigenvalue weighted by atomic mass is 10.0. The minimum Gasteiger partial charge on any atom is -0.489 e. The number of carbonyl (C=O) groups excluding carboxylic acids is 1. The Hall–Kier alpha value is -2.37. The summed E-state index contributed by atoms with van der Waals surface area (Å²) in [6.07, 6.45) is 2.55. The Labute approximate surface area is 119 Å². The van der Waals surface area contributed by atoms with Crippen LogP contribution in [0.3, 0.4) is 0 Å². The first-order valence-corrected chi connectivity index (χ1v) is 6.19. The van der Waals surface area contributed by atoms with Gasteiger partial charge in [-0.05, 0) is 32.0 Å². The van der Waals surface area contributed by atoms with Crippen molar-refractivity contribution in [1.29, 1.82) is 0 Å². The van der Waals surface area contributed by atoms with E-state index in [1.54, 1.807) is 13.8 Å². The molecule has 0 aliphatic heterocycles. The van der Waals surface area contributed by atoms with Crippen molar-refractivity contribution < 1.29 is 22.7 Å². The van der Waals surface area contributed by atoms with Gasteiger partial charge in [-0.15, -0.1) is 0 Å². The smallest absolute Gasteiger partial charge is 0.194 e. The molecule has 2 rings (SSSR count). The number of hydrogen-bond acceptors (Lipinski definition) is 3. The number of nitrogens with zero attached hydrogens (tertiary/aromatic N) is 1. The lowest BCUT2D eigenvalue weighted by Crippen LogP contribution is -2.08. The van der Waals surface area contributed by atoms with Gasteiger partial charge >= 0.3 is 0 Å². The van der Waals surface area contributed by atoms with Gasteiger partial charge in [0.2, 0.25) is 0 Å². The number of hydrogen-bond donors (Lipinski definition) is 0. The van der Waals surface area contributed by atoms with Crippen molar-refractivity contribution in [3.8, 4) is 5.75 Å². The molecule has 0 amide bonds. The molecule has 0 fully saturated rings. The van der Waals surface area contributed by atoms with Crippen molar-refractivity contribution in [3.63, 3.8) is 0 Å². The molecule has 1 aromatic heterocycles. The average Bonchev–Trinajstić information content (AvgIpc) is 2.43. The molecule has 0 saturated heterocycles. The molecule has 0 unspecified atom stereocenters. The van der Waals surface area contributed by atoms with Crippen LogP contribution in [-0.4, -0.2) is 16.9 Å². The number of halogens is 3. The van der Waals surface area contributed by atoms with E-state index in [1.165, 1.54) is 18.5 Å². The van der Waals surface area contributed by atoms with Crippen LogP contribution in [0.5, 0.6) is 5.75 Å². The summed E-state index contributed by atoms with van der Waals surface area (Å²) in [6, 6.07) is 2.71. The van der Waals surface area contributed by atoms with Crippen LogP contribution in [0.4, 0.5) is 13.2 Å². The van der Waals surface area contributed by atoms with Gasteiger partial charge in [0.25, 0.3) is 0 Å². The molecule has 0 aliphatic carbocycles. The van der Waals surface area contributed by atoms with Gasteiger partial charge in [-0.2, -0.15) is 0 Å². The van der Waals surface area contributed by atoms with Gasteiger partial charge in [-0.25, -0.2) is 13.2 Å². The fourth-order valence-corrected chi connectivity index (χ4v) is 1.73. The standard InChI is InChI=1S/C15H12F3NO2/c1-8(2)21-11-3-10(6-19-7-11)15(20)9-4-12(16)14(18)13(17)5-9/h3-8H,1-2H3. The van der Waals surface area contributed by atoms with E-state index in [1.807, 2.05) is 0 Å². The maximum absolute atomic E-state index is 13.2. The number of ketones is 1. The fourth-order valence-electron chi connectivity index (χ4n) is 1.73. The molecule has 0 aliphatic rings. The highest BCUT2D eigenvalue weighted by Crippen LogP contribution is 2.19. The summed E-state index contributed by atoms with van der Waals surface area (Å²) in [5, 5.41) is 0. The predicted molar refractivity (Wildman–Crippen MR) is 69.7 cm³/mol. The fraction of sp³-hybridized carbons (Fsp3) is 0.200. The zero-order chi connectivity index (χ0) is 15.6. The van der Waals surface area contributed by atoms with Gasteiger partial charge in [0, 0.05) is 17.3 Å². The summed E-state index contributed by atoms with van der Waals surface area (Å²) in [4.78, 5) is 16.0. The SMILES string of the molecule is CC(C)Oc1cncc(C(=O)c2cc(F)c(F)c(F)c2)c1. The number of aromatic nitrogens is 1. The Morgan fingerprint density at radius 3 is 2.24 bits per heavy atom. The van der Waals surface area contributed by atoms with E-state index >= 15 is 0 Å². The largest absolute Gasteiger partial charge is 0.489 e. The van der Waals surface area contributed by atoms with Crippen LogP contribution < -0.4 is 4.74 Å². The number of pyridine rings is 1. The molecule has 0 radical (unpaired) electrons. The third-order valence-corrected chi connectivity index (χ3v) is 2.59. The summed E-state index contributed by atoms with van der Waals surface area (Å²) in [6.45, 7) is 3.61. The van der Waals surface area contributed by atoms with Crippen molar-refractivity contribution in [1.82, 2.24) is 4.98 Å². The average molecular weight is 295 g/mol. The summed E-state index contributed by atoms with van der Waals surface area (Å²) >= 11 is 0. The zero-order valence-corrected chi connectivity index (χ0v) is 11.4.